The molecule has 1 aromatic heterocycles. The topological polar surface area (TPSA) is 84.0 Å². The summed E-state index contributed by atoms with van der Waals surface area (Å²) < 4.78 is 0.856. The number of carbonyl (C=O) groups is 1. The van der Waals surface area contributed by atoms with Gasteiger partial charge in [-0.15, -0.1) is 0 Å². The van der Waals surface area contributed by atoms with Crippen molar-refractivity contribution in [2.45, 2.75) is 0 Å². The first kappa shape index (κ1) is 7.26. The minimum Gasteiger partial charge on any atom is -0.277 e. The number of H-pyrrole nitrogens is 1. The fourth-order valence-corrected chi connectivity index (χ4v) is 0.576. The van der Waals surface area contributed by atoms with Crippen molar-refractivity contribution in [1.29, 1.82) is 0 Å². The summed E-state index contributed by atoms with van der Waals surface area (Å²) in [7, 11) is 0. The van der Waals surface area contributed by atoms with Crippen LogP contribution in [0.5, 0.6) is 0 Å². The van der Waals surface area contributed by atoms with Gasteiger partial charge >= 0.3 is 5.69 Å². The third kappa shape index (κ3) is 1.54. The molecule has 0 saturated heterocycles. The minimum atomic E-state index is -0.676. The van der Waals surface area contributed by atoms with Crippen molar-refractivity contribution in [3.8, 4) is 0 Å². The molecule has 1 rings (SSSR count). The van der Waals surface area contributed by atoms with E-state index >= 15 is 0 Å². The van der Waals surface area contributed by atoms with E-state index in [9.17, 15) is 14.4 Å². The number of nitrogens with zero attached hydrogens (tertiary/aromatic N) is 1. The molecule has 0 unspecified atom stereocenters. The van der Waals surface area contributed by atoms with Gasteiger partial charge in [0.1, 0.15) is 0 Å². The molecule has 0 radical (unpaired) electrons. The van der Waals surface area contributed by atoms with Crippen molar-refractivity contribution in [3.63, 3.8) is 0 Å². The summed E-state index contributed by atoms with van der Waals surface area (Å²) in [5.74, 6) is 0. The van der Waals surface area contributed by atoms with Gasteiger partial charge in [-0.1, -0.05) is 0 Å². The standard InChI is InChI=1S/C5H5N3O3/c9-3-6-8-2-1-4(10)7-5(8)11/h1-3H,(H,6,9)(H,7,10,11). The van der Waals surface area contributed by atoms with Crippen LogP contribution in [0.2, 0.25) is 0 Å². The van der Waals surface area contributed by atoms with Gasteiger partial charge in [-0.05, 0) is 0 Å². The minimum absolute atomic E-state index is 0.333. The van der Waals surface area contributed by atoms with Crippen molar-refractivity contribution in [2.75, 3.05) is 5.43 Å². The van der Waals surface area contributed by atoms with Crippen LogP contribution in [0.4, 0.5) is 0 Å². The number of aromatic nitrogens is 2. The average molecular weight is 155 g/mol. The van der Waals surface area contributed by atoms with Crippen LogP contribution in [0.1, 0.15) is 0 Å². The van der Waals surface area contributed by atoms with Gasteiger partial charge in [0, 0.05) is 12.3 Å². The summed E-state index contributed by atoms with van der Waals surface area (Å²) in [5.41, 5.74) is 0.879. The Bertz CT molecular complexity index is 364. The predicted octanol–water partition coefficient (Wildman–Crippen LogP) is -1.76. The lowest BCUT2D eigenvalue weighted by Gasteiger charge is -1.97. The highest BCUT2D eigenvalue weighted by Gasteiger charge is 1.91. The SMILES string of the molecule is O=CNn1ccc(=O)[nH]c1=O. The van der Waals surface area contributed by atoms with Gasteiger partial charge in [0.25, 0.3) is 5.56 Å². The zero-order valence-corrected chi connectivity index (χ0v) is 5.40. The fourth-order valence-electron chi connectivity index (χ4n) is 0.576. The molecule has 0 aliphatic heterocycles. The number of aromatic amines is 1. The Morgan fingerprint density at radius 3 is 2.82 bits per heavy atom. The quantitative estimate of drug-likeness (QED) is 0.496. The Morgan fingerprint density at radius 1 is 1.55 bits per heavy atom. The highest BCUT2D eigenvalue weighted by atomic mass is 16.2. The van der Waals surface area contributed by atoms with Crippen LogP contribution in [-0.2, 0) is 4.79 Å². The van der Waals surface area contributed by atoms with Crippen molar-refractivity contribution in [2.24, 2.45) is 0 Å². The largest absolute Gasteiger partial charge is 0.347 e. The molecule has 11 heavy (non-hydrogen) atoms. The number of amides is 1. The van der Waals surface area contributed by atoms with E-state index in [2.05, 4.69) is 5.43 Å². The van der Waals surface area contributed by atoms with E-state index in [4.69, 9.17) is 0 Å². The maximum absolute atomic E-state index is 10.7. The second-order valence-corrected chi connectivity index (χ2v) is 1.73. The summed E-state index contributed by atoms with van der Waals surface area (Å²) in [4.78, 5) is 33.0. The zero-order chi connectivity index (χ0) is 8.27. The third-order valence-electron chi connectivity index (χ3n) is 1.02. The molecule has 0 aliphatic rings. The molecule has 0 bridgehead atoms. The van der Waals surface area contributed by atoms with E-state index in [0.717, 1.165) is 16.9 Å². The maximum Gasteiger partial charge on any atom is 0.347 e. The number of rotatable bonds is 2. The van der Waals surface area contributed by atoms with Gasteiger partial charge in [-0.3, -0.25) is 20.0 Å². The Hall–Kier alpha value is -1.85. The predicted molar refractivity (Wildman–Crippen MR) is 36.7 cm³/mol. The first-order valence-corrected chi connectivity index (χ1v) is 2.76. The van der Waals surface area contributed by atoms with Gasteiger partial charge in [-0.2, -0.15) is 0 Å². The molecule has 6 nitrogen and oxygen atoms in total. The first-order chi connectivity index (χ1) is 5.24. The molecule has 58 valence electrons. The fraction of sp³-hybridized carbons (Fsp3) is 0. The monoisotopic (exact) mass is 155 g/mol. The third-order valence-corrected chi connectivity index (χ3v) is 1.02. The van der Waals surface area contributed by atoms with Crippen LogP contribution < -0.4 is 16.7 Å². The van der Waals surface area contributed by atoms with Crippen LogP contribution in [0.25, 0.3) is 0 Å². The van der Waals surface area contributed by atoms with E-state index in [1.54, 1.807) is 0 Å². The normalized spacial score (nSPS) is 9.09. The van der Waals surface area contributed by atoms with Crippen molar-refractivity contribution in [3.05, 3.63) is 33.1 Å². The van der Waals surface area contributed by atoms with E-state index in [-0.39, 0.29) is 0 Å². The second-order valence-electron chi connectivity index (χ2n) is 1.73. The maximum atomic E-state index is 10.7. The van der Waals surface area contributed by atoms with E-state index in [0.29, 0.717) is 6.41 Å². The number of nitrogens with one attached hydrogen (secondary N) is 2. The summed E-state index contributed by atoms with van der Waals surface area (Å²) in [6.07, 6.45) is 1.50. The molecule has 0 aromatic carbocycles. The highest BCUT2D eigenvalue weighted by Crippen LogP contribution is 1.63. The van der Waals surface area contributed by atoms with Gasteiger partial charge < -0.3 is 0 Å². The van der Waals surface area contributed by atoms with Crippen LogP contribution in [0.3, 0.4) is 0 Å². The van der Waals surface area contributed by atoms with Gasteiger partial charge in [0.15, 0.2) is 0 Å². The van der Waals surface area contributed by atoms with Gasteiger partial charge in [-0.25, -0.2) is 9.47 Å². The van der Waals surface area contributed by atoms with Crippen molar-refractivity contribution in [1.82, 2.24) is 9.66 Å². The van der Waals surface area contributed by atoms with E-state index in [1.165, 1.54) is 0 Å². The van der Waals surface area contributed by atoms with Crippen LogP contribution in [0.15, 0.2) is 21.9 Å². The smallest absolute Gasteiger partial charge is 0.277 e. The Kier molecular flexibility index (Phi) is 1.86. The molecule has 0 saturated carbocycles. The van der Waals surface area contributed by atoms with Gasteiger partial charge in [0.05, 0.1) is 0 Å². The Morgan fingerprint density at radius 2 is 2.27 bits per heavy atom. The van der Waals surface area contributed by atoms with E-state index < -0.39 is 11.2 Å². The van der Waals surface area contributed by atoms with Crippen molar-refractivity contribution < 1.29 is 4.79 Å². The molecule has 0 spiro atoms. The average Bonchev–Trinajstić information content (AvgIpc) is 1.95. The molecular weight excluding hydrogens is 150 g/mol. The second kappa shape index (κ2) is 2.82. The Balaban J connectivity index is 3.19. The van der Waals surface area contributed by atoms with Crippen LogP contribution >= 0.6 is 0 Å². The lowest BCUT2D eigenvalue weighted by Crippen LogP contribution is -2.33. The molecule has 0 aliphatic carbocycles. The number of carbonyl (C=O) groups excluding carboxylic acids is 1. The summed E-state index contributed by atoms with van der Waals surface area (Å²) in [5, 5.41) is 0. The molecule has 0 atom stereocenters. The molecule has 1 heterocycles. The Labute approximate surface area is 60.5 Å². The first-order valence-electron chi connectivity index (χ1n) is 2.76. The highest BCUT2D eigenvalue weighted by molar-refractivity contribution is 5.56. The number of hydrogen-bond donors (Lipinski definition) is 2. The molecule has 0 fully saturated rings. The summed E-state index contributed by atoms with van der Waals surface area (Å²) in [6.45, 7) is 0. The van der Waals surface area contributed by atoms with Gasteiger partial charge in [0.2, 0.25) is 6.41 Å². The molecule has 6 heteroatoms. The molecule has 1 amide bonds. The molecular formula is C5H5N3O3. The summed E-state index contributed by atoms with van der Waals surface area (Å²) in [6, 6.07) is 1.12. The molecule has 2 N–H and O–H groups in total. The van der Waals surface area contributed by atoms with Crippen LogP contribution in [-0.4, -0.2) is 16.1 Å². The lowest BCUT2D eigenvalue weighted by molar-refractivity contribution is -0.106. The molecule has 1 aromatic rings. The summed E-state index contributed by atoms with van der Waals surface area (Å²) >= 11 is 0. The number of hydrogen-bond acceptors (Lipinski definition) is 3. The zero-order valence-electron chi connectivity index (χ0n) is 5.40. The lowest BCUT2D eigenvalue weighted by atomic mass is 10.7. The van der Waals surface area contributed by atoms with Crippen molar-refractivity contribution >= 4 is 6.41 Å². The van der Waals surface area contributed by atoms with E-state index in [1.807, 2.05) is 4.98 Å². The van der Waals surface area contributed by atoms with Crippen LogP contribution in [0, 0.1) is 0 Å².